The van der Waals surface area contributed by atoms with Crippen LogP contribution in [0.2, 0.25) is 0 Å². The molecule has 3 amide bonds. The molecule has 0 aromatic heterocycles. The van der Waals surface area contributed by atoms with E-state index in [-0.39, 0.29) is 12.5 Å². The number of nitrogens with zero attached hydrogens (tertiary/aromatic N) is 2. The fourth-order valence-electron chi connectivity index (χ4n) is 3.75. The Balaban J connectivity index is 1.46. The summed E-state index contributed by atoms with van der Waals surface area (Å²) in [4.78, 5) is 40.6. The molecule has 0 bridgehead atoms. The van der Waals surface area contributed by atoms with E-state index in [0.717, 1.165) is 49.6 Å². The lowest BCUT2D eigenvalue weighted by Gasteiger charge is -2.18. The first-order valence-corrected chi connectivity index (χ1v) is 12.9. The molecule has 2 heterocycles. The van der Waals surface area contributed by atoms with Crippen LogP contribution in [0.4, 0.5) is 4.79 Å². The molecule has 2 aliphatic heterocycles. The van der Waals surface area contributed by atoms with Gasteiger partial charge in [0.1, 0.15) is 18.9 Å². The largest absolute Gasteiger partial charge is 0.487 e. The topological polar surface area (TPSA) is 66.9 Å². The highest BCUT2D eigenvalue weighted by Gasteiger charge is 2.37. The molecular weight excluding hydrogens is 572 g/mol. The lowest BCUT2D eigenvalue weighted by atomic mass is 10.1. The molecule has 2 aromatic rings. The summed E-state index contributed by atoms with van der Waals surface area (Å²) >= 11 is 7.93. The monoisotopic (exact) mass is 592 g/mol. The first-order valence-electron chi connectivity index (χ1n) is 10.5. The van der Waals surface area contributed by atoms with Gasteiger partial charge < -0.3 is 9.64 Å². The van der Waals surface area contributed by atoms with Crippen molar-refractivity contribution in [1.82, 2.24) is 9.80 Å². The Hall–Kier alpha value is -2.10. The summed E-state index contributed by atoms with van der Waals surface area (Å²) in [5.74, 6) is 0.0270. The Kier molecular flexibility index (Phi) is 7.61. The van der Waals surface area contributed by atoms with E-state index in [1.807, 2.05) is 37.3 Å². The zero-order valence-corrected chi connectivity index (χ0v) is 22.0. The van der Waals surface area contributed by atoms with Crippen LogP contribution in [0.3, 0.4) is 0 Å². The number of benzene rings is 2. The Labute approximate surface area is 213 Å². The molecule has 4 rings (SSSR count). The molecule has 0 aliphatic carbocycles. The lowest BCUT2D eigenvalue weighted by Crippen LogP contribution is -2.40. The van der Waals surface area contributed by atoms with E-state index in [9.17, 15) is 14.4 Å². The number of amides is 3. The predicted octanol–water partition coefficient (Wildman–Crippen LogP) is 5.76. The van der Waals surface area contributed by atoms with Crippen LogP contribution in [0.1, 0.15) is 29.5 Å². The third-order valence-electron chi connectivity index (χ3n) is 5.41. The molecule has 9 heteroatoms. The number of rotatable bonds is 6. The molecule has 2 fully saturated rings. The van der Waals surface area contributed by atoms with E-state index < -0.39 is 11.1 Å². The van der Waals surface area contributed by atoms with Gasteiger partial charge in [-0.2, -0.15) is 0 Å². The molecule has 0 unspecified atom stereocenters. The molecule has 172 valence electrons. The second kappa shape index (κ2) is 10.4. The maximum Gasteiger partial charge on any atom is 0.294 e. The molecule has 0 saturated carbocycles. The van der Waals surface area contributed by atoms with E-state index in [0.29, 0.717) is 30.4 Å². The van der Waals surface area contributed by atoms with Gasteiger partial charge in [0.2, 0.25) is 5.91 Å². The number of carbonyl (C=O) groups excluding carboxylic acids is 3. The number of ether oxygens (including phenoxy) is 1. The predicted molar refractivity (Wildman–Crippen MR) is 136 cm³/mol. The third-order valence-corrected chi connectivity index (χ3v) is 7.50. The zero-order chi connectivity index (χ0) is 23.5. The van der Waals surface area contributed by atoms with E-state index in [1.165, 1.54) is 5.56 Å². The highest BCUT2D eigenvalue weighted by molar-refractivity contribution is 9.11. The standard InChI is InChI=1S/C24H22Br2N2O4S/c1-15-5-4-6-16(9-15)14-32-22-18(25)10-17(11-19(22)26)12-20-23(30)28(24(31)33-20)13-21(29)27-7-2-3-8-27/h4-6,9-12H,2-3,7-8,13-14H2,1H3/b20-12-. The molecule has 2 saturated heterocycles. The summed E-state index contributed by atoms with van der Waals surface area (Å²) < 4.78 is 7.43. The van der Waals surface area contributed by atoms with Crippen LogP contribution in [-0.2, 0) is 16.2 Å². The van der Waals surface area contributed by atoms with Gasteiger partial charge in [0.15, 0.2) is 0 Å². The lowest BCUT2D eigenvalue weighted by molar-refractivity contribution is -0.135. The maximum absolute atomic E-state index is 12.8. The van der Waals surface area contributed by atoms with Crippen LogP contribution >= 0.6 is 43.6 Å². The Morgan fingerprint density at radius 2 is 1.82 bits per heavy atom. The van der Waals surface area contributed by atoms with Crippen molar-refractivity contribution in [2.75, 3.05) is 19.6 Å². The summed E-state index contributed by atoms with van der Waals surface area (Å²) in [7, 11) is 0. The zero-order valence-electron chi connectivity index (χ0n) is 18.0. The fourth-order valence-corrected chi connectivity index (χ4v) is 6.04. The van der Waals surface area contributed by atoms with Gasteiger partial charge in [-0.25, -0.2) is 0 Å². The second-order valence-corrected chi connectivity index (χ2v) is 10.6. The van der Waals surface area contributed by atoms with Crippen molar-refractivity contribution < 1.29 is 19.1 Å². The van der Waals surface area contributed by atoms with Gasteiger partial charge >= 0.3 is 0 Å². The Morgan fingerprint density at radius 1 is 1.12 bits per heavy atom. The summed E-state index contributed by atoms with van der Waals surface area (Å²) in [6, 6.07) is 11.8. The summed E-state index contributed by atoms with van der Waals surface area (Å²) in [6.07, 6.45) is 3.58. The van der Waals surface area contributed by atoms with Crippen molar-refractivity contribution in [2.24, 2.45) is 0 Å². The summed E-state index contributed by atoms with van der Waals surface area (Å²) in [5.41, 5.74) is 2.96. The van der Waals surface area contributed by atoms with Crippen molar-refractivity contribution in [2.45, 2.75) is 26.4 Å². The fraction of sp³-hybridized carbons (Fsp3) is 0.292. The first-order chi connectivity index (χ1) is 15.8. The minimum absolute atomic E-state index is 0.184. The number of hydrogen-bond acceptors (Lipinski definition) is 5. The normalized spacial score (nSPS) is 17.4. The van der Waals surface area contributed by atoms with Crippen LogP contribution in [0.25, 0.3) is 6.08 Å². The van der Waals surface area contributed by atoms with Gasteiger partial charge in [-0.05, 0) is 92.7 Å². The van der Waals surface area contributed by atoms with Crippen molar-refractivity contribution in [1.29, 1.82) is 0 Å². The molecule has 0 N–H and O–H groups in total. The molecule has 0 radical (unpaired) electrons. The summed E-state index contributed by atoms with van der Waals surface area (Å²) in [5, 5.41) is -0.421. The molecule has 0 atom stereocenters. The number of aryl methyl sites for hydroxylation is 1. The van der Waals surface area contributed by atoms with Crippen LogP contribution < -0.4 is 4.74 Å². The van der Waals surface area contributed by atoms with E-state index in [1.54, 1.807) is 11.0 Å². The number of carbonyl (C=O) groups is 3. The van der Waals surface area contributed by atoms with Gasteiger partial charge in [-0.15, -0.1) is 0 Å². The minimum Gasteiger partial charge on any atom is -0.487 e. The average molecular weight is 594 g/mol. The minimum atomic E-state index is -0.440. The quantitative estimate of drug-likeness (QED) is 0.399. The number of likely N-dealkylation sites (tertiary alicyclic amines) is 1. The van der Waals surface area contributed by atoms with E-state index in [2.05, 4.69) is 37.9 Å². The molecule has 2 aliphatic rings. The molecule has 6 nitrogen and oxygen atoms in total. The third kappa shape index (κ3) is 5.70. The molecule has 33 heavy (non-hydrogen) atoms. The highest BCUT2D eigenvalue weighted by Crippen LogP contribution is 2.38. The first kappa shape index (κ1) is 24.0. The van der Waals surface area contributed by atoms with Crippen molar-refractivity contribution in [3.63, 3.8) is 0 Å². The Morgan fingerprint density at radius 3 is 2.48 bits per heavy atom. The number of imide groups is 1. The smallest absolute Gasteiger partial charge is 0.294 e. The van der Waals surface area contributed by atoms with E-state index in [4.69, 9.17) is 4.74 Å². The van der Waals surface area contributed by atoms with Crippen LogP contribution in [0.15, 0.2) is 50.2 Å². The summed E-state index contributed by atoms with van der Waals surface area (Å²) in [6.45, 7) is 3.62. The molecular formula is C24H22Br2N2O4S. The van der Waals surface area contributed by atoms with Gasteiger partial charge in [-0.1, -0.05) is 29.8 Å². The van der Waals surface area contributed by atoms with Crippen molar-refractivity contribution in [3.8, 4) is 5.75 Å². The van der Waals surface area contributed by atoms with Crippen LogP contribution in [0.5, 0.6) is 5.75 Å². The van der Waals surface area contributed by atoms with Crippen molar-refractivity contribution >= 4 is 66.8 Å². The van der Waals surface area contributed by atoms with Crippen LogP contribution in [-0.4, -0.2) is 46.5 Å². The highest BCUT2D eigenvalue weighted by atomic mass is 79.9. The van der Waals surface area contributed by atoms with E-state index >= 15 is 0 Å². The molecule has 0 spiro atoms. The van der Waals surface area contributed by atoms with Crippen molar-refractivity contribution in [3.05, 3.63) is 66.9 Å². The van der Waals surface area contributed by atoms with Crippen LogP contribution in [0, 0.1) is 6.92 Å². The second-order valence-electron chi connectivity index (χ2n) is 7.95. The van der Waals surface area contributed by atoms with Gasteiger partial charge in [-0.3, -0.25) is 19.3 Å². The van der Waals surface area contributed by atoms with Gasteiger partial charge in [0, 0.05) is 13.1 Å². The molecule has 2 aromatic carbocycles. The number of thioether (sulfide) groups is 1. The number of halogens is 2. The SMILES string of the molecule is Cc1cccc(COc2c(Br)cc(/C=C3\SC(=O)N(CC(=O)N4CCCC4)C3=O)cc2Br)c1. The maximum atomic E-state index is 12.8. The average Bonchev–Trinajstić information content (AvgIpc) is 3.38. The van der Waals surface area contributed by atoms with Gasteiger partial charge in [0.25, 0.3) is 11.1 Å². The number of hydrogen-bond donors (Lipinski definition) is 0. The Bertz CT molecular complexity index is 1120. The van der Waals surface area contributed by atoms with Gasteiger partial charge in [0.05, 0.1) is 13.9 Å².